The van der Waals surface area contributed by atoms with Gasteiger partial charge in [0, 0.05) is 17.0 Å². The maximum atomic E-state index is 12.9. The van der Waals surface area contributed by atoms with Gasteiger partial charge >= 0.3 is 6.09 Å². The quantitative estimate of drug-likeness (QED) is 0.521. The van der Waals surface area contributed by atoms with E-state index in [1.807, 2.05) is 42.5 Å². The number of halogens is 1. The number of para-hydroxylation sites is 1. The van der Waals surface area contributed by atoms with Crippen molar-refractivity contribution >= 4 is 17.7 Å². The molecule has 0 fully saturated rings. The lowest BCUT2D eigenvalue weighted by Crippen LogP contribution is -2.33. The zero-order valence-corrected chi connectivity index (χ0v) is 17.3. The van der Waals surface area contributed by atoms with Gasteiger partial charge in [-0.05, 0) is 22.3 Å². The molecule has 2 aliphatic rings. The number of rotatable bonds is 3. The van der Waals surface area contributed by atoms with Gasteiger partial charge in [0.15, 0.2) is 0 Å². The van der Waals surface area contributed by atoms with E-state index in [9.17, 15) is 4.79 Å². The van der Waals surface area contributed by atoms with Crippen molar-refractivity contribution in [3.63, 3.8) is 0 Å². The number of amides is 1. The molecule has 5 rings (SSSR count). The van der Waals surface area contributed by atoms with Crippen LogP contribution in [0.2, 0.25) is 0 Å². The van der Waals surface area contributed by atoms with Crippen molar-refractivity contribution in [1.29, 1.82) is 0 Å². The van der Waals surface area contributed by atoms with Crippen molar-refractivity contribution in [3.8, 4) is 16.9 Å². The van der Waals surface area contributed by atoms with Gasteiger partial charge in [-0.1, -0.05) is 66.7 Å². The maximum Gasteiger partial charge on any atom is 0.410 e. The molecule has 0 unspecified atom stereocenters. The van der Waals surface area contributed by atoms with Crippen molar-refractivity contribution in [1.82, 2.24) is 4.90 Å². The van der Waals surface area contributed by atoms with Gasteiger partial charge in [-0.25, -0.2) is 4.79 Å². The Balaban J connectivity index is 1.33. The molecular formula is C25H22ClNO3. The highest BCUT2D eigenvalue weighted by Gasteiger charge is 2.30. The van der Waals surface area contributed by atoms with Crippen molar-refractivity contribution < 1.29 is 14.3 Å². The largest absolute Gasteiger partial charge is 0.491 e. The Bertz CT molecular complexity index is 1050. The van der Waals surface area contributed by atoms with Crippen LogP contribution in [-0.4, -0.2) is 30.8 Å². The van der Waals surface area contributed by atoms with Gasteiger partial charge in [0.25, 0.3) is 0 Å². The second-order valence-electron chi connectivity index (χ2n) is 7.61. The van der Waals surface area contributed by atoms with E-state index >= 15 is 0 Å². The summed E-state index contributed by atoms with van der Waals surface area (Å²) in [4.78, 5) is 14.6. The zero-order valence-electron chi connectivity index (χ0n) is 16.5. The van der Waals surface area contributed by atoms with Crippen LogP contribution in [0.5, 0.6) is 5.75 Å². The number of carbonyl (C=O) groups excluding carboxylic acids is 1. The summed E-state index contributed by atoms with van der Waals surface area (Å²) < 4.78 is 11.7. The van der Waals surface area contributed by atoms with Crippen LogP contribution in [0.4, 0.5) is 4.79 Å². The van der Waals surface area contributed by atoms with E-state index in [0.717, 1.165) is 16.9 Å². The van der Waals surface area contributed by atoms with Crippen molar-refractivity contribution in [2.45, 2.75) is 18.3 Å². The Kier molecular flexibility index (Phi) is 5.09. The molecule has 1 amide bonds. The Morgan fingerprint density at radius 2 is 1.70 bits per heavy atom. The molecule has 1 aliphatic heterocycles. The second-order valence-corrected chi connectivity index (χ2v) is 7.88. The van der Waals surface area contributed by atoms with E-state index in [0.29, 0.717) is 32.2 Å². The zero-order chi connectivity index (χ0) is 20.5. The van der Waals surface area contributed by atoms with Crippen LogP contribution < -0.4 is 4.74 Å². The fourth-order valence-electron chi connectivity index (χ4n) is 4.44. The lowest BCUT2D eigenvalue weighted by Gasteiger charge is -2.21. The van der Waals surface area contributed by atoms with Gasteiger partial charge in [0.1, 0.15) is 19.0 Å². The average Bonchev–Trinajstić information content (AvgIpc) is 2.94. The Morgan fingerprint density at radius 1 is 1.00 bits per heavy atom. The molecule has 0 radical (unpaired) electrons. The van der Waals surface area contributed by atoms with Crippen LogP contribution in [0.15, 0.2) is 66.7 Å². The Hall–Kier alpha value is -2.98. The molecule has 1 aliphatic carbocycles. The summed E-state index contributed by atoms with van der Waals surface area (Å²) in [6.45, 7) is 1.67. The minimum Gasteiger partial charge on any atom is -0.491 e. The first kappa shape index (κ1) is 19.0. The third kappa shape index (κ3) is 3.31. The molecule has 0 spiro atoms. The highest BCUT2D eigenvalue weighted by molar-refractivity contribution is 6.17. The summed E-state index contributed by atoms with van der Waals surface area (Å²) in [6.07, 6.45) is -0.315. The van der Waals surface area contributed by atoms with Gasteiger partial charge in [-0.15, -0.1) is 11.6 Å². The molecule has 4 nitrogen and oxygen atoms in total. The molecule has 3 aromatic rings. The first-order valence-electron chi connectivity index (χ1n) is 10.2. The van der Waals surface area contributed by atoms with Crippen LogP contribution >= 0.6 is 11.6 Å². The third-order valence-electron chi connectivity index (χ3n) is 5.89. The smallest absolute Gasteiger partial charge is 0.410 e. The molecule has 0 bridgehead atoms. The number of benzene rings is 3. The van der Waals surface area contributed by atoms with Crippen LogP contribution in [-0.2, 0) is 17.2 Å². The number of nitrogens with zero attached hydrogens (tertiary/aromatic N) is 1. The van der Waals surface area contributed by atoms with Crippen molar-refractivity contribution in [2.75, 3.05) is 19.8 Å². The molecule has 0 saturated heterocycles. The predicted molar refractivity (Wildman–Crippen MR) is 117 cm³/mol. The van der Waals surface area contributed by atoms with Gasteiger partial charge in [0.2, 0.25) is 0 Å². The van der Waals surface area contributed by atoms with Gasteiger partial charge < -0.3 is 14.4 Å². The van der Waals surface area contributed by atoms with E-state index in [-0.39, 0.29) is 12.0 Å². The SMILES string of the molecule is O=C(OCC1c2ccccc2-c2ccccc21)N1CCOc2c(CCl)cccc2C1. The van der Waals surface area contributed by atoms with Crippen LogP contribution in [0.25, 0.3) is 11.1 Å². The van der Waals surface area contributed by atoms with Gasteiger partial charge in [-0.3, -0.25) is 0 Å². The molecule has 1 heterocycles. The number of carbonyl (C=O) groups is 1. The summed E-state index contributed by atoms with van der Waals surface area (Å²) in [5, 5.41) is 0. The highest BCUT2D eigenvalue weighted by atomic mass is 35.5. The standard InChI is InChI=1S/C25H22ClNO3/c26-14-17-6-5-7-18-15-27(12-13-29-24(17)18)25(28)30-16-23-21-10-3-1-8-19(21)20-9-2-4-11-22(20)23/h1-11,23H,12-16H2. The van der Waals surface area contributed by atoms with E-state index < -0.39 is 0 Å². The van der Waals surface area contributed by atoms with E-state index in [4.69, 9.17) is 21.1 Å². The lowest BCUT2D eigenvalue weighted by molar-refractivity contribution is 0.0947. The fourth-order valence-corrected chi connectivity index (χ4v) is 4.65. The van der Waals surface area contributed by atoms with Crippen LogP contribution in [0.1, 0.15) is 28.2 Å². The second kappa shape index (κ2) is 8.04. The average molecular weight is 420 g/mol. The summed E-state index contributed by atoms with van der Waals surface area (Å²) >= 11 is 6.04. The number of ether oxygens (including phenoxy) is 2. The first-order chi connectivity index (χ1) is 14.8. The Morgan fingerprint density at radius 3 is 2.40 bits per heavy atom. The predicted octanol–water partition coefficient (Wildman–Crippen LogP) is 5.57. The highest BCUT2D eigenvalue weighted by Crippen LogP contribution is 2.44. The minimum atomic E-state index is -0.315. The summed E-state index contributed by atoms with van der Waals surface area (Å²) in [5.74, 6) is 1.23. The normalized spacial score (nSPS) is 14.9. The fraction of sp³-hybridized carbons (Fsp3) is 0.240. The number of alkyl halides is 1. The third-order valence-corrected chi connectivity index (χ3v) is 6.17. The summed E-state index contributed by atoms with van der Waals surface area (Å²) in [6, 6.07) is 22.6. The molecule has 0 N–H and O–H groups in total. The monoisotopic (exact) mass is 419 g/mol. The van der Waals surface area contributed by atoms with E-state index in [1.54, 1.807) is 4.90 Å². The maximum absolute atomic E-state index is 12.9. The summed E-state index contributed by atoms with van der Waals surface area (Å²) in [7, 11) is 0. The molecule has 30 heavy (non-hydrogen) atoms. The van der Waals surface area contributed by atoms with E-state index in [1.165, 1.54) is 22.3 Å². The number of hydrogen-bond acceptors (Lipinski definition) is 3. The number of hydrogen-bond donors (Lipinski definition) is 0. The molecule has 0 atom stereocenters. The minimum absolute atomic E-state index is 0.0553. The summed E-state index contributed by atoms with van der Waals surface area (Å²) in [5.41, 5.74) is 6.77. The number of fused-ring (bicyclic) bond motifs is 4. The molecule has 152 valence electrons. The molecule has 0 saturated carbocycles. The lowest BCUT2D eigenvalue weighted by atomic mass is 9.98. The molecule has 5 heteroatoms. The van der Waals surface area contributed by atoms with Gasteiger partial charge in [-0.2, -0.15) is 0 Å². The Labute approximate surface area is 181 Å². The van der Waals surface area contributed by atoms with Crippen molar-refractivity contribution in [2.24, 2.45) is 0 Å². The molecular weight excluding hydrogens is 398 g/mol. The molecule has 3 aromatic carbocycles. The van der Waals surface area contributed by atoms with Crippen LogP contribution in [0, 0.1) is 0 Å². The van der Waals surface area contributed by atoms with Crippen molar-refractivity contribution in [3.05, 3.63) is 89.0 Å². The topological polar surface area (TPSA) is 38.8 Å². The first-order valence-corrected chi connectivity index (χ1v) is 10.7. The molecule has 0 aromatic heterocycles. The van der Waals surface area contributed by atoms with E-state index in [2.05, 4.69) is 24.3 Å². The van der Waals surface area contributed by atoms with Gasteiger partial charge in [0.05, 0.1) is 19.0 Å². The van der Waals surface area contributed by atoms with Crippen LogP contribution in [0.3, 0.4) is 0 Å².